The quantitative estimate of drug-likeness (QED) is 0.301. The van der Waals surface area contributed by atoms with Crippen LogP contribution < -0.4 is 15.4 Å². The Labute approximate surface area is 192 Å². The first-order chi connectivity index (χ1) is 13.2. The molecule has 0 radical (unpaired) electrons. The van der Waals surface area contributed by atoms with Crippen LogP contribution in [-0.2, 0) is 16.6 Å². The number of piperidine rings is 1. The summed E-state index contributed by atoms with van der Waals surface area (Å²) < 4.78 is 55.0. The third kappa shape index (κ3) is 8.02. The van der Waals surface area contributed by atoms with Crippen LogP contribution in [0.3, 0.4) is 0 Å². The zero-order valence-corrected chi connectivity index (χ0v) is 20.1. The summed E-state index contributed by atoms with van der Waals surface area (Å²) in [5.74, 6) is 0.622. The average molecular weight is 567 g/mol. The lowest BCUT2D eigenvalue weighted by Crippen LogP contribution is -2.49. The minimum atomic E-state index is -3.17. The monoisotopic (exact) mass is 566 g/mol. The molecule has 0 atom stereocenters. The summed E-state index contributed by atoms with van der Waals surface area (Å²) in [7, 11) is -1.57. The molecular formula is C17H26ClF2IN4O3S. The molecule has 2 N–H and O–H groups in total. The maximum absolute atomic E-state index is 12.6. The SMILES string of the molecule is CCS(=O)(=O)N1CCC(NC(=NC)NCc2cc(Cl)ccc2OC(F)F)CC1.I. The first-order valence-corrected chi connectivity index (χ1v) is 10.9. The highest BCUT2D eigenvalue weighted by atomic mass is 127. The first kappa shape index (κ1) is 26.1. The Balaban J connectivity index is 0.00000420. The van der Waals surface area contributed by atoms with E-state index in [4.69, 9.17) is 11.6 Å². The highest BCUT2D eigenvalue weighted by Gasteiger charge is 2.27. The number of aliphatic imine (C=N–C) groups is 1. The van der Waals surface area contributed by atoms with E-state index in [1.807, 2.05) is 0 Å². The Morgan fingerprint density at radius 1 is 1.38 bits per heavy atom. The number of sulfonamides is 1. The van der Waals surface area contributed by atoms with Crippen LogP contribution in [0.15, 0.2) is 23.2 Å². The van der Waals surface area contributed by atoms with Gasteiger partial charge in [-0.25, -0.2) is 12.7 Å². The molecule has 0 unspecified atom stereocenters. The van der Waals surface area contributed by atoms with Gasteiger partial charge in [-0.3, -0.25) is 4.99 Å². The molecule has 0 spiro atoms. The van der Waals surface area contributed by atoms with Crippen LogP contribution in [-0.4, -0.2) is 57.2 Å². The number of benzene rings is 1. The highest BCUT2D eigenvalue weighted by molar-refractivity contribution is 14.0. The molecule has 12 heteroatoms. The van der Waals surface area contributed by atoms with Gasteiger partial charge in [-0.2, -0.15) is 8.78 Å². The lowest BCUT2D eigenvalue weighted by atomic mass is 10.1. The Hall–Kier alpha value is -0.920. The van der Waals surface area contributed by atoms with E-state index >= 15 is 0 Å². The number of alkyl halides is 2. The summed E-state index contributed by atoms with van der Waals surface area (Å²) in [6.45, 7) is -0.211. The number of halogens is 4. The lowest BCUT2D eigenvalue weighted by molar-refractivity contribution is -0.0504. The molecule has 0 aromatic heterocycles. The molecule has 1 aliphatic rings. The van der Waals surface area contributed by atoms with Crippen molar-refractivity contribution in [2.45, 2.75) is 39.0 Å². The number of hydrogen-bond acceptors (Lipinski definition) is 4. The summed E-state index contributed by atoms with van der Waals surface area (Å²) in [6.07, 6.45) is 1.30. The highest BCUT2D eigenvalue weighted by Crippen LogP contribution is 2.24. The van der Waals surface area contributed by atoms with Crippen LogP contribution in [0.25, 0.3) is 0 Å². The van der Waals surface area contributed by atoms with Crippen LogP contribution in [0, 0.1) is 0 Å². The molecule has 0 amide bonds. The van der Waals surface area contributed by atoms with Gasteiger partial charge < -0.3 is 15.4 Å². The molecule has 1 fully saturated rings. The maximum atomic E-state index is 12.6. The summed E-state index contributed by atoms with van der Waals surface area (Å²) in [4.78, 5) is 4.13. The number of nitrogens with one attached hydrogen (secondary N) is 2. The number of ether oxygens (including phenoxy) is 1. The molecule has 1 saturated heterocycles. The summed E-state index contributed by atoms with van der Waals surface area (Å²) in [5.41, 5.74) is 0.472. The van der Waals surface area contributed by atoms with E-state index < -0.39 is 16.6 Å². The molecule has 0 bridgehead atoms. The fourth-order valence-corrected chi connectivity index (χ4v) is 4.25. The third-order valence-corrected chi connectivity index (χ3v) is 6.58. The lowest BCUT2D eigenvalue weighted by Gasteiger charge is -2.32. The van der Waals surface area contributed by atoms with E-state index in [0.29, 0.717) is 42.5 Å². The molecule has 166 valence electrons. The Kier molecular flexibility index (Phi) is 10.9. The van der Waals surface area contributed by atoms with Gasteiger partial charge in [0.15, 0.2) is 5.96 Å². The van der Waals surface area contributed by atoms with E-state index in [-0.39, 0.29) is 48.1 Å². The molecule has 29 heavy (non-hydrogen) atoms. The van der Waals surface area contributed by atoms with Crippen molar-refractivity contribution >= 4 is 51.6 Å². The van der Waals surface area contributed by atoms with Crippen molar-refractivity contribution in [3.05, 3.63) is 28.8 Å². The van der Waals surface area contributed by atoms with Crippen molar-refractivity contribution < 1.29 is 21.9 Å². The molecule has 2 rings (SSSR count). The zero-order chi connectivity index (χ0) is 20.7. The molecule has 7 nitrogen and oxygen atoms in total. The van der Waals surface area contributed by atoms with Crippen molar-refractivity contribution in [3.8, 4) is 5.75 Å². The van der Waals surface area contributed by atoms with Crippen molar-refractivity contribution in [1.82, 2.24) is 14.9 Å². The average Bonchev–Trinajstić information content (AvgIpc) is 2.67. The largest absolute Gasteiger partial charge is 0.434 e. The molecule has 0 saturated carbocycles. The predicted molar refractivity (Wildman–Crippen MR) is 121 cm³/mol. The van der Waals surface area contributed by atoms with E-state index in [1.54, 1.807) is 20.0 Å². The number of rotatable bonds is 7. The Morgan fingerprint density at radius 2 is 2.03 bits per heavy atom. The number of nitrogens with zero attached hydrogens (tertiary/aromatic N) is 2. The molecule has 1 aliphatic heterocycles. The fourth-order valence-electron chi connectivity index (χ4n) is 2.92. The van der Waals surface area contributed by atoms with Gasteiger partial charge in [-0.05, 0) is 38.0 Å². The second-order valence-corrected chi connectivity index (χ2v) is 8.97. The zero-order valence-electron chi connectivity index (χ0n) is 16.2. The molecule has 0 aliphatic carbocycles. The standard InChI is InChI=1S/C17H25ClF2N4O3S.HI/c1-3-28(25,26)24-8-6-14(7-9-24)23-17(21-2)22-11-12-10-13(18)4-5-15(12)27-16(19)20;/h4-5,10,14,16H,3,6-9,11H2,1-2H3,(H2,21,22,23);1H. The minimum absolute atomic E-state index is 0. The second-order valence-electron chi connectivity index (χ2n) is 6.27. The van der Waals surface area contributed by atoms with Gasteiger partial charge in [0.25, 0.3) is 0 Å². The minimum Gasteiger partial charge on any atom is -0.434 e. The van der Waals surface area contributed by atoms with E-state index in [1.165, 1.54) is 16.4 Å². The van der Waals surface area contributed by atoms with E-state index in [2.05, 4.69) is 20.4 Å². The van der Waals surface area contributed by atoms with E-state index in [9.17, 15) is 17.2 Å². The molecule has 1 heterocycles. The normalized spacial score (nSPS) is 16.4. The van der Waals surface area contributed by atoms with Gasteiger partial charge in [0, 0.05) is 43.3 Å². The van der Waals surface area contributed by atoms with Gasteiger partial charge in [-0.15, -0.1) is 24.0 Å². The predicted octanol–water partition coefficient (Wildman–Crippen LogP) is 3.04. The van der Waals surface area contributed by atoms with Crippen LogP contribution >= 0.6 is 35.6 Å². The smallest absolute Gasteiger partial charge is 0.387 e. The van der Waals surface area contributed by atoms with Crippen molar-refractivity contribution in [1.29, 1.82) is 0 Å². The van der Waals surface area contributed by atoms with Gasteiger partial charge in [0.05, 0.1) is 5.75 Å². The number of hydrogen-bond donors (Lipinski definition) is 2. The molecular weight excluding hydrogens is 541 g/mol. The first-order valence-electron chi connectivity index (χ1n) is 8.93. The van der Waals surface area contributed by atoms with Crippen molar-refractivity contribution in [2.75, 3.05) is 25.9 Å². The molecule has 1 aromatic rings. The Morgan fingerprint density at radius 3 is 2.59 bits per heavy atom. The topological polar surface area (TPSA) is 83.0 Å². The Bertz CT molecular complexity index is 791. The number of guanidine groups is 1. The van der Waals surface area contributed by atoms with Gasteiger partial charge in [0.2, 0.25) is 10.0 Å². The molecule has 1 aromatic carbocycles. The van der Waals surface area contributed by atoms with E-state index in [0.717, 1.165) is 0 Å². The van der Waals surface area contributed by atoms with Crippen molar-refractivity contribution in [3.63, 3.8) is 0 Å². The summed E-state index contributed by atoms with van der Waals surface area (Å²) in [5, 5.41) is 6.69. The fraction of sp³-hybridized carbons (Fsp3) is 0.588. The van der Waals surface area contributed by atoms with Crippen LogP contribution in [0.1, 0.15) is 25.3 Å². The summed E-state index contributed by atoms with van der Waals surface area (Å²) >= 11 is 5.95. The van der Waals surface area contributed by atoms with Gasteiger partial charge in [-0.1, -0.05) is 11.6 Å². The van der Waals surface area contributed by atoms with Crippen molar-refractivity contribution in [2.24, 2.45) is 4.99 Å². The maximum Gasteiger partial charge on any atom is 0.387 e. The van der Waals surface area contributed by atoms with Gasteiger partial charge in [0.1, 0.15) is 5.75 Å². The van der Waals surface area contributed by atoms with Crippen LogP contribution in [0.5, 0.6) is 5.75 Å². The van der Waals surface area contributed by atoms with Gasteiger partial charge >= 0.3 is 6.61 Å². The third-order valence-electron chi connectivity index (χ3n) is 4.46. The summed E-state index contributed by atoms with van der Waals surface area (Å²) in [6, 6.07) is 4.48. The second kappa shape index (κ2) is 12.1. The van der Waals surface area contributed by atoms with Crippen LogP contribution in [0.2, 0.25) is 5.02 Å². The van der Waals surface area contributed by atoms with Crippen LogP contribution in [0.4, 0.5) is 8.78 Å².